The molecule has 2 aromatic heterocycles. The average Bonchev–Trinajstić information content (AvgIpc) is 3.13. The molecule has 0 aliphatic rings. The number of nitrogens with zero attached hydrogens (tertiary/aromatic N) is 2. The minimum atomic E-state index is 0.947. The summed E-state index contributed by atoms with van der Waals surface area (Å²) >= 11 is 0. The summed E-state index contributed by atoms with van der Waals surface area (Å²) in [6.07, 6.45) is 3.84. The van der Waals surface area contributed by atoms with Gasteiger partial charge in [-0.2, -0.15) is 0 Å². The predicted octanol–water partition coefficient (Wildman–Crippen LogP) is 11.8. The highest BCUT2D eigenvalue weighted by atomic mass is 14.7. The topological polar surface area (TPSA) is 25.8 Å². The summed E-state index contributed by atoms with van der Waals surface area (Å²) in [6.45, 7) is 0. The summed E-state index contributed by atoms with van der Waals surface area (Å²) in [6, 6.07) is 56.5. The lowest BCUT2D eigenvalue weighted by Gasteiger charge is -2.18. The van der Waals surface area contributed by atoms with E-state index in [1.54, 1.807) is 0 Å². The third-order valence-corrected chi connectivity index (χ3v) is 9.14. The Morgan fingerprint density at radius 1 is 0.348 bits per heavy atom. The molecule has 2 heteroatoms. The smallest absolute Gasteiger partial charge is 0.0709 e. The summed E-state index contributed by atoms with van der Waals surface area (Å²) in [5, 5.41) is 8.60. The van der Waals surface area contributed by atoms with Crippen molar-refractivity contribution in [3.8, 4) is 44.6 Å². The second-order valence-corrected chi connectivity index (χ2v) is 11.8. The third-order valence-electron chi connectivity index (χ3n) is 9.14. The Labute approximate surface area is 267 Å². The molecule has 0 bridgehead atoms. The van der Waals surface area contributed by atoms with E-state index in [-0.39, 0.29) is 0 Å². The molecule has 0 aliphatic carbocycles. The first kappa shape index (κ1) is 26.3. The van der Waals surface area contributed by atoms with E-state index in [4.69, 9.17) is 4.98 Å². The molecule has 46 heavy (non-hydrogen) atoms. The molecule has 0 saturated heterocycles. The van der Waals surface area contributed by atoms with E-state index >= 15 is 0 Å². The van der Waals surface area contributed by atoms with Crippen LogP contribution in [0.3, 0.4) is 0 Å². The molecule has 0 spiro atoms. The number of hydrogen-bond donors (Lipinski definition) is 0. The van der Waals surface area contributed by atoms with Crippen LogP contribution in [0.5, 0.6) is 0 Å². The molecule has 0 saturated carbocycles. The highest BCUT2D eigenvalue weighted by Crippen LogP contribution is 2.44. The van der Waals surface area contributed by atoms with Crippen molar-refractivity contribution in [3.63, 3.8) is 0 Å². The molecule has 0 N–H and O–H groups in total. The molecule has 0 atom stereocenters. The van der Waals surface area contributed by atoms with Gasteiger partial charge in [0.15, 0.2) is 0 Å². The van der Waals surface area contributed by atoms with Gasteiger partial charge < -0.3 is 0 Å². The maximum atomic E-state index is 4.89. The lowest BCUT2D eigenvalue weighted by Crippen LogP contribution is -1.91. The lowest BCUT2D eigenvalue weighted by molar-refractivity contribution is 1.32. The fraction of sp³-hybridized carbons (Fsp3) is 0. The maximum Gasteiger partial charge on any atom is 0.0709 e. The molecule has 2 heterocycles. The van der Waals surface area contributed by atoms with Crippen molar-refractivity contribution >= 4 is 43.2 Å². The Kier molecular flexibility index (Phi) is 6.17. The molecule has 0 aliphatic heterocycles. The first-order chi connectivity index (χ1) is 22.8. The number of benzene rings is 7. The number of rotatable bonds is 4. The van der Waals surface area contributed by atoms with Crippen molar-refractivity contribution in [2.45, 2.75) is 0 Å². The Balaban J connectivity index is 1.17. The van der Waals surface area contributed by atoms with Gasteiger partial charge >= 0.3 is 0 Å². The van der Waals surface area contributed by atoms with Gasteiger partial charge in [-0.05, 0) is 90.5 Å². The van der Waals surface area contributed by atoms with Gasteiger partial charge in [-0.15, -0.1) is 0 Å². The first-order valence-electron chi connectivity index (χ1n) is 15.7. The molecule has 9 rings (SSSR count). The van der Waals surface area contributed by atoms with Crippen LogP contribution in [0.1, 0.15) is 0 Å². The van der Waals surface area contributed by atoms with E-state index in [2.05, 4.69) is 145 Å². The maximum absolute atomic E-state index is 4.89. The monoisotopic (exact) mass is 584 g/mol. The highest BCUT2D eigenvalue weighted by Gasteiger charge is 2.16. The summed E-state index contributed by atoms with van der Waals surface area (Å²) in [4.78, 5) is 9.41. The van der Waals surface area contributed by atoms with Gasteiger partial charge in [-0.3, -0.25) is 9.97 Å². The minimum Gasteiger partial charge on any atom is -0.256 e. The predicted molar refractivity (Wildman–Crippen MR) is 194 cm³/mol. The molecule has 0 unspecified atom stereocenters. The molecular formula is C44H28N2. The van der Waals surface area contributed by atoms with Gasteiger partial charge in [-0.25, -0.2) is 0 Å². The van der Waals surface area contributed by atoms with Crippen LogP contribution in [0, 0.1) is 0 Å². The lowest BCUT2D eigenvalue weighted by atomic mass is 9.85. The van der Waals surface area contributed by atoms with Crippen molar-refractivity contribution < 1.29 is 0 Å². The van der Waals surface area contributed by atoms with Gasteiger partial charge in [0.25, 0.3) is 0 Å². The van der Waals surface area contributed by atoms with E-state index in [0.29, 0.717) is 0 Å². The number of pyridine rings is 2. The average molecular weight is 585 g/mol. The summed E-state index contributed by atoms with van der Waals surface area (Å²) in [7, 11) is 0. The van der Waals surface area contributed by atoms with Gasteiger partial charge in [-0.1, -0.05) is 127 Å². The van der Waals surface area contributed by atoms with E-state index in [9.17, 15) is 0 Å². The van der Waals surface area contributed by atoms with Crippen LogP contribution in [-0.4, -0.2) is 9.97 Å². The molecule has 2 nitrogen and oxygen atoms in total. The van der Waals surface area contributed by atoms with E-state index in [1.165, 1.54) is 54.6 Å². The van der Waals surface area contributed by atoms with Gasteiger partial charge in [0.1, 0.15) is 0 Å². The zero-order valence-electron chi connectivity index (χ0n) is 25.1. The first-order valence-corrected chi connectivity index (χ1v) is 15.7. The van der Waals surface area contributed by atoms with Crippen molar-refractivity contribution in [3.05, 3.63) is 170 Å². The van der Waals surface area contributed by atoms with Crippen LogP contribution in [0.4, 0.5) is 0 Å². The highest BCUT2D eigenvalue weighted by molar-refractivity contribution is 6.21. The van der Waals surface area contributed by atoms with Crippen molar-refractivity contribution in [1.29, 1.82) is 0 Å². The van der Waals surface area contributed by atoms with Gasteiger partial charge in [0.05, 0.1) is 11.2 Å². The van der Waals surface area contributed by atoms with Crippen molar-refractivity contribution in [2.75, 3.05) is 0 Å². The largest absolute Gasteiger partial charge is 0.256 e. The summed E-state index contributed by atoms with van der Waals surface area (Å²) in [5.41, 5.74) is 10.3. The number of fused-ring (bicyclic) bond motifs is 4. The van der Waals surface area contributed by atoms with E-state index < -0.39 is 0 Å². The zero-order chi connectivity index (χ0) is 30.5. The molecule has 9 aromatic rings. The molecular weight excluding hydrogens is 556 g/mol. The molecule has 0 radical (unpaired) electrons. The van der Waals surface area contributed by atoms with Crippen LogP contribution in [0.2, 0.25) is 0 Å². The number of para-hydroxylation sites is 1. The SMILES string of the molecule is c1ccc(-c2c3ccccc3c(-c3ccc4ccc(-c5ccc(-c6ccnc7ccccc67)nc5)cc4c3)c3ccccc23)cc1. The van der Waals surface area contributed by atoms with Crippen LogP contribution in [0.25, 0.3) is 87.9 Å². The normalized spacial score (nSPS) is 11.5. The molecule has 0 amide bonds. The van der Waals surface area contributed by atoms with Crippen LogP contribution in [0.15, 0.2) is 170 Å². The Morgan fingerprint density at radius 3 is 1.59 bits per heavy atom. The Morgan fingerprint density at radius 2 is 0.913 bits per heavy atom. The van der Waals surface area contributed by atoms with Crippen LogP contribution < -0.4 is 0 Å². The van der Waals surface area contributed by atoms with Gasteiger partial charge in [0.2, 0.25) is 0 Å². The van der Waals surface area contributed by atoms with E-state index in [0.717, 1.165) is 33.3 Å². The Bertz CT molecular complexity index is 2500. The standard InChI is InChI=1S/C44H28N2/c1-2-10-30(11-3-1)43-37-13-4-6-15-39(37)44(40-16-7-5-14-38(40)43)32-21-19-29-18-20-31(26-34(29)27-32)33-22-23-42(46-28-33)36-24-25-45-41-17-9-8-12-35(36)41/h1-28H. The van der Waals surface area contributed by atoms with Crippen molar-refractivity contribution in [2.24, 2.45) is 0 Å². The fourth-order valence-electron chi connectivity index (χ4n) is 6.98. The van der Waals surface area contributed by atoms with Crippen LogP contribution >= 0.6 is 0 Å². The van der Waals surface area contributed by atoms with Crippen LogP contribution in [-0.2, 0) is 0 Å². The summed E-state index contributed by atoms with van der Waals surface area (Å²) < 4.78 is 0. The van der Waals surface area contributed by atoms with Crippen molar-refractivity contribution in [1.82, 2.24) is 9.97 Å². The Hall–Kier alpha value is -6.12. The second-order valence-electron chi connectivity index (χ2n) is 11.8. The fourth-order valence-corrected chi connectivity index (χ4v) is 6.98. The zero-order valence-corrected chi connectivity index (χ0v) is 25.1. The molecule has 7 aromatic carbocycles. The number of aromatic nitrogens is 2. The second kappa shape index (κ2) is 10.8. The summed E-state index contributed by atoms with van der Waals surface area (Å²) in [5.74, 6) is 0. The number of hydrogen-bond acceptors (Lipinski definition) is 2. The minimum absolute atomic E-state index is 0.947. The molecule has 0 fully saturated rings. The van der Waals surface area contributed by atoms with E-state index in [1.807, 2.05) is 30.6 Å². The quantitative estimate of drug-likeness (QED) is 0.192. The molecule has 214 valence electrons. The third kappa shape index (κ3) is 4.35. The van der Waals surface area contributed by atoms with Gasteiger partial charge in [0, 0.05) is 28.9 Å².